The smallest absolute Gasteiger partial charge is 0.416 e. The van der Waals surface area contributed by atoms with E-state index in [0.29, 0.717) is 11.3 Å². The minimum absolute atomic E-state index is 0.183. The van der Waals surface area contributed by atoms with E-state index in [0.717, 1.165) is 12.1 Å². The minimum Gasteiger partial charge on any atom is -0.477 e. The molecule has 100 valence electrons. The number of nitrogens with zero attached hydrogens (tertiary/aromatic N) is 1. The highest BCUT2D eigenvalue weighted by Crippen LogP contribution is 2.34. The van der Waals surface area contributed by atoms with Crippen molar-refractivity contribution in [3.63, 3.8) is 0 Å². The summed E-state index contributed by atoms with van der Waals surface area (Å²) in [6.45, 7) is 1.64. The highest BCUT2D eigenvalue weighted by molar-refractivity contribution is 6.08. The first-order chi connectivity index (χ1) is 8.79. The van der Waals surface area contributed by atoms with Crippen LogP contribution in [-0.4, -0.2) is 16.8 Å². The van der Waals surface area contributed by atoms with Gasteiger partial charge in [-0.1, -0.05) is 12.1 Å². The summed E-state index contributed by atoms with van der Waals surface area (Å²) in [6, 6.07) is 4.62. The highest BCUT2D eigenvalue weighted by atomic mass is 19.4. The molecule has 1 heterocycles. The van der Waals surface area contributed by atoms with Crippen LogP contribution in [0.5, 0.6) is 0 Å². The Morgan fingerprint density at radius 1 is 1.37 bits per heavy atom. The molecule has 1 aliphatic rings. The van der Waals surface area contributed by atoms with Crippen LogP contribution in [-0.2, 0) is 11.0 Å². The summed E-state index contributed by atoms with van der Waals surface area (Å²) in [7, 11) is 0. The predicted octanol–water partition coefficient (Wildman–Crippen LogP) is 3.37. The van der Waals surface area contributed by atoms with Crippen LogP contribution < -0.4 is 0 Å². The lowest BCUT2D eigenvalue weighted by Crippen LogP contribution is -2.06. The summed E-state index contributed by atoms with van der Waals surface area (Å²) in [5.41, 5.74) is 0.150. The predicted molar refractivity (Wildman–Crippen MR) is 63.7 cm³/mol. The second-order valence-electron chi connectivity index (χ2n) is 4.23. The fourth-order valence-electron chi connectivity index (χ4n) is 1.94. The second kappa shape index (κ2) is 4.53. The summed E-state index contributed by atoms with van der Waals surface area (Å²) in [6.07, 6.45) is -4.20. The fourth-order valence-corrected chi connectivity index (χ4v) is 1.94. The van der Waals surface area contributed by atoms with E-state index < -0.39 is 17.7 Å². The van der Waals surface area contributed by atoms with Gasteiger partial charge in [-0.3, -0.25) is 0 Å². The van der Waals surface area contributed by atoms with Crippen molar-refractivity contribution in [2.24, 2.45) is 4.99 Å². The number of carbonyl (C=O) groups is 1. The molecule has 6 heteroatoms. The zero-order valence-corrected chi connectivity index (χ0v) is 9.95. The minimum atomic E-state index is -4.45. The summed E-state index contributed by atoms with van der Waals surface area (Å²) in [4.78, 5) is 14.9. The van der Waals surface area contributed by atoms with Gasteiger partial charge in [0.15, 0.2) is 5.70 Å². The molecule has 0 radical (unpaired) electrons. The van der Waals surface area contributed by atoms with Crippen LogP contribution in [0.25, 0.3) is 5.57 Å². The van der Waals surface area contributed by atoms with Gasteiger partial charge in [0.25, 0.3) is 0 Å². The standard InChI is InChI=1S/C13H10F3NO2/c1-7-5-10(11(17-7)12(18)19)8-3-2-4-9(6-8)13(14,15)16/h2-4,6H,5H2,1H3,(H,18,19). The SMILES string of the molecule is CC1=NC(C(=O)O)=C(c2cccc(C(F)(F)F)c2)C1. The van der Waals surface area contributed by atoms with E-state index >= 15 is 0 Å². The van der Waals surface area contributed by atoms with Crippen molar-refractivity contribution in [1.29, 1.82) is 0 Å². The molecule has 0 atom stereocenters. The summed E-state index contributed by atoms with van der Waals surface area (Å²) >= 11 is 0. The van der Waals surface area contributed by atoms with E-state index in [9.17, 15) is 18.0 Å². The molecule has 0 saturated heterocycles. The average molecular weight is 269 g/mol. The van der Waals surface area contributed by atoms with Crippen LogP contribution in [0, 0.1) is 0 Å². The van der Waals surface area contributed by atoms with Crippen LogP contribution in [0.3, 0.4) is 0 Å². The number of hydrogen-bond acceptors (Lipinski definition) is 2. The Morgan fingerprint density at radius 2 is 2.05 bits per heavy atom. The average Bonchev–Trinajstić information content (AvgIpc) is 2.71. The molecule has 2 rings (SSSR count). The third-order valence-corrected chi connectivity index (χ3v) is 2.76. The van der Waals surface area contributed by atoms with Gasteiger partial charge in [-0.05, 0) is 30.2 Å². The first kappa shape index (κ1) is 13.3. The summed E-state index contributed by atoms with van der Waals surface area (Å²) < 4.78 is 37.9. The van der Waals surface area contributed by atoms with Crippen LogP contribution in [0.1, 0.15) is 24.5 Å². The summed E-state index contributed by atoms with van der Waals surface area (Å²) in [5.74, 6) is -1.23. The molecule has 3 nitrogen and oxygen atoms in total. The van der Waals surface area contributed by atoms with E-state index in [1.165, 1.54) is 12.1 Å². The van der Waals surface area contributed by atoms with E-state index in [-0.39, 0.29) is 17.7 Å². The Morgan fingerprint density at radius 3 is 2.63 bits per heavy atom. The number of carboxylic acid groups (broad SMARTS) is 1. The Bertz CT molecular complexity index is 600. The normalized spacial score (nSPS) is 15.7. The van der Waals surface area contributed by atoms with E-state index in [4.69, 9.17) is 5.11 Å². The Hall–Kier alpha value is -2.11. The fraction of sp³-hybridized carbons (Fsp3) is 0.231. The maximum atomic E-state index is 12.6. The largest absolute Gasteiger partial charge is 0.477 e. The zero-order valence-electron chi connectivity index (χ0n) is 9.95. The number of halogens is 3. The number of carboxylic acids is 1. The molecule has 1 aliphatic heterocycles. The lowest BCUT2D eigenvalue weighted by atomic mass is 9.99. The van der Waals surface area contributed by atoms with Crippen LogP contribution in [0.15, 0.2) is 35.0 Å². The van der Waals surface area contributed by atoms with Gasteiger partial charge in [-0.15, -0.1) is 0 Å². The number of alkyl halides is 3. The van der Waals surface area contributed by atoms with Crippen molar-refractivity contribution < 1.29 is 23.1 Å². The first-order valence-electron chi connectivity index (χ1n) is 5.47. The third kappa shape index (κ3) is 2.67. The van der Waals surface area contributed by atoms with Gasteiger partial charge >= 0.3 is 12.1 Å². The molecule has 19 heavy (non-hydrogen) atoms. The maximum Gasteiger partial charge on any atom is 0.416 e. The van der Waals surface area contributed by atoms with Gasteiger partial charge in [-0.25, -0.2) is 9.79 Å². The van der Waals surface area contributed by atoms with Crippen molar-refractivity contribution >= 4 is 17.3 Å². The van der Waals surface area contributed by atoms with Crippen LogP contribution in [0.4, 0.5) is 13.2 Å². The van der Waals surface area contributed by atoms with E-state index in [1.807, 2.05) is 0 Å². The number of aliphatic imine (C=N–C) groups is 1. The van der Waals surface area contributed by atoms with E-state index in [1.54, 1.807) is 6.92 Å². The zero-order chi connectivity index (χ0) is 14.2. The van der Waals surface area contributed by atoms with Crippen LogP contribution in [0.2, 0.25) is 0 Å². The highest BCUT2D eigenvalue weighted by Gasteiger charge is 2.31. The number of rotatable bonds is 2. The molecule has 1 N–H and O–H groups in total. The Kier molecular flexibility index (Phi) is 3.18. The second-order valence-corrected chi connectivity index (χ2v) is 4.23. The molecule has 0 aliphatic carbocycles. The first-order valence-corrected chi connectivity index (χ1v) is 5.47. The monoisotopic (exact) mass is 269 g/mol. The van der Waals surface area contributed by atoms with Crippen molar-refractivity contribution in [1.82, 2.24) is 0 Å². The number of benzene rings is 1. The number of aliphatic carboxylic acids is 1. The summed E-state index contributed by atoms with van der Waals surface area (Å²) in [5, 5.41) is 9.00. The van der Waals surface area contributed by atoms with Gasteiger partial charge in [0, 0.05) is 12.1 Å². The molecule has 1 aromatic carbocycles. The van der Waals surface area contributed by atoms with Crippen molar-refractivity contribution in [3.8, 4) is 0 Å². The van der Waals surface area contributed by atoms with Crippen LogP contribution >= 0.6 is 0 Å². The molecule has 0 amide bonds. The van der Waals surface area contributed by atoms with Crippen molar-refractivity contribution in [3.05, 3.63) is 41.1 Å². The molecular formula is C13H10F3NO2. The molecule has 0 saturated carbocycles. The maximum absolute atomic E-state index is 12.6. The number of hydrogen-bond donors (Lipinski definition) is 1. The quantitative estimate of drug-likeness (QED) is 0.894. The van der Waals surface area contributed by atoms with E-state index in [2.05, 4.69) is 4.99 Å². The molecule has 0 fully saturated rings. The number of allylic oxidation sites excluding steroid dienone is 1. The topological polar surface area (TPSA) is 49.7 Å². The Balaban J connectivity index is 2.49. The van der Waals surface area contributed by atoms with Crippen molar-refractivity contribution in [2.75, 3.05) is 0 Å². The van der Waals surface area contributed by atoms with Gasteiger partial charge in [0.2, 0.25) is 0 Å². The molecule has 0 aromatic heterocycles. The Labute approximate surface area is 107 Å². The van der Waals surface area contributed by atoms with Gasteiger partial charge < -0.3 is 5.11 Å². The van der Waals surface area contributed by atoms with Crippen molar-refractivity contribution in [2.45, 2.75) is 19.5 Å². The molecule has 0 unspecified atom stereocenters. The lowest BCUT2D eigenvalue weighted by molar-refractivity contribution is -0.137. The molecule has 0 spiro atoms. The third-order valence-electron chi connectivity index (χ3n) is 2.76. The molecular weight excluding hydrogens is 259 g/mol. The van der Waals surface area contributed by atoms with Gasteiger partial charge in [0.05, 0.1) is 5.56 Å². The van der Waals surface area contributed by atoms with Gasteiger partial charge in [-0.2, -0.15) is 13.2 Å². The molecule has 1 aromatic rings. The lowest BCUT2D eigenvalue weighted by Gasteiger charge is -2.09. The van der Waals surface area contributed by atoms with Gasteiger partial charge in [0.1, 0.15) is 0 Å². The molecule has 0 bridgehead atoms.